The van der Waals surface area contributed by atoms with Gasteiger partial charge in [-0.3, -0.25) is 4.98 Å². The van der Waals surface area contributed by atoms with Gasteiger partial charge in [0.1, 0.15) is 5.82 Å². The molecule has 0 fully saturated rings. The molecule has 2 heterocycles. The Kier molecular flexibility index (Phi) is 7.21. The molecule has 1 aromatic rings. The molecule has 1 aromatic heterocycles. The maximum absolute atomic E-state index is 4.29. The van der Waals surface area contributed by atoms with Gasteiger partial charge in [0.25, 0.3) is 0 Å². The second-order valence-electron chi connectivity index (χ2n) is 2.84. The molecule has 1 radical (unpaired) electrons. The molecular formula is C11H16N2Y-2. The Bertz CT molecular complexity index is 274. The number of aromatic nitrogens is 1. The van der Waals surface area contributed by atoms with Crippen LogP contribution in [0.25, 0.3) is 0 Å². The van der Waals surface area contributed by atoms with Crippen LogP contribution in [-0.4, -0.2) is 11.5 Å². The van der Waals surface area contributed by atoms with E-state index in [1.165, 1.54) is 12.0 Å². The number of pyridine rings is 1. The molecule has 0 bridgehead atoms. The summed E-state index contributed by atoms with van der Waals surface area (Å²) in [5, 5.41) is 3.25. The molecule has 1 aliphatic heterocycles. The second kappa shape index (κ2) is 7.25. The summed E-state index contributed by atoms with van der Waals surface area (Å²) in [6.07, 6.45) is 2.36. The van der Waals surface area contributed by atoms with Crippen LogP contribution < -0.4 is 5.32 Å². The summed E-state index contributed by atoms with van der Waals surface area (Å²) in [6.45, 7) is 9.82. The van der Waals surface area contributed by atoms with Crippen LogP contribution >= 0.6 is 0 Å². The van der Waals surface area contributed by atoms with Gasteiger partial charge in [-0.05, 0) is 18.4 Å². The molecule has 0 aromatic carbocycles. The zero-order chi connectivity index (χ0) is 9.68. The van der Waals surface area contributed by atoms with Crippen LogP contribution in [-0.2, 0) is 39.1 Å². The predicted octanol–water partition coefficient (Wildman–Crippen LogP) is 2.46. The van der Waals surface area contributed by atoms with Gasteiger partial charge in [-0.1, -0.05) is 0 Å². The topological polar surface area (TPSA) is 24.9 Å². The van der Waals surface area contributed by atoms with Crippen molar-refractivity contribution in [3.63, 3.8) is 0 Å². The van der Waals surface area contributed by atoms with Crippen molar-refractivity contribution in [1.29, 1.82) is 0 Å². The van der Waals surface area contributed by atoms with Crippen molar-refractivity contribution in [1.82, 2.24) is 4.98 Å². The van der Waals surface area contributed by atoms with Gasteiger partial charge in [-0.15, -0.1) is 11.8 Å². The standard InChI is InChI=1S/C9H11N2.C2H5.Y/c1-7-4-5-8-3-2-6-10-9(8)11-7;1-2;/h4-5H,1-3,6H2,(H,10,11);1H2,2H3;/q2*-1;. The van der Waals surface area contributed by atoms with Crippen molar-refractivity contribution < 1.29 is 32.7 Å². The van der Waals surface area contributed by atoms with E-state index in [2.05, 4.69) is 30.2 Å². The average molecular weight is 265 g/mol. The summed E-state index contributed by atoms with van der Waals surface area (Å²) in [4.78, 5) is 4.29. The molecule has 0 aliphatic carbocycles. The first kappa shape index (κ1) is 13.9. The first-order valence-electron chi connectivity index (χ1n) is 4.63. The van der Waals surface area contributed by atoms with Gasteiger partial charge < -0.3 is 12.2 Å². The molecule has 0 atom stereocenters. The van der Waals surface area contributed by atoms with Crippen molar-refractivity contribution in [3.8, 4) is 0 Å². The van der Waals surface area contributed by atoms with Gasteiger partial charge in [0.05, 0.1) is 0 Å². The van der Waals surface area contributed by atoms with Crippen LogP contribution in [0.15, 0.2) is 12.1 Å². The molecule has 2 nitrogen and oxygen atoms in total. The van der Waals surface area contributed by atoms with Crippen LogP contribution in [0.4, 0.5) is 5.82 Å². The van der Waals surface area contributed by atoms with E-state index in [1.807, 2.05) is 6.07 Å². The van der Waals surface area contributed by atoms with Crippen molar-refractivity contribution >= 4 is 5.82 Å². The van der Waals surface area contributed by atoms with E-state index in [1.54, 1.807) is 6.92 Å². The molecule has 1 N–H and O–H groups in total. The Morgan fingerprint density at radius 2 is 2.07 bits per heavy atom. The molecule has 0 spiro atoms. The molecule has 0 unspecified atom stereocenters. The van der Waals surface area contributed by atoms with Crippen LogP contribution in [0, 0.1) is 13.8 Å². The van der Waals surface area contributed by atoms with E-state index in [-0.39, 0.29) is 32.7 Å². The van der Waals surface area contributed by atoms with E-state index >= 15 is 0 Å². The SMILES string of the molecule is [CH2-]C.[CH2-]c1ccc2c(n1)NCCC2.[Y]. The summed E-state index contributed by atoms with van der Waals surface area (Å²) in [5.41, 5.74) is 2.17. The summed E-state index contributed by atoms with van der Waals surface area (Å²) < 4.78 is 0. The summed E-state index contributed by atoms with van der Waals surface area (Å²) in [7, 11) is 0. The minimum absolute atomic E-state index is 0. The van der Waals surface area contributed by atoms with Gasteiger partial charge in [0, 0.05) is 39.3 Å². The first-order chi connectivity index (χ1) is 6.36. The van der Waals surface area contributed by atoms with Gasteiger partial charge in [-0.2, -0.15) is 13.0 Å². The van der Waals surface area contributed by atoms with Crippen molar-refractivity contribution in [3.05, 3.63) is 37.2 Å². The Balaban J connectivity index is 0.000000531. The number of rotatable bonds is 0. The monoisotopic (exact) mass is 265 g/mol. The molecule has 0 saturated heterocycles. The molecule has 75 valence electrons. The Labute approximate surface area is 112 Å². The maximum Gasteiger partial charge on any atom is 0.124 e. The Morgan fingerprint density at radius 3 is 2.79 bits per heavy atom. The van der Waals surface area contributed by atoms with E-state index in [9.17, 15) is 0 Å². The Hall–Kier alpha value is -0.0761. The average Bonchev–Trinajstić information content (AvgIpc) is 2.21. The second-order valence-corrected chi connectivity index (χ2v) is 2.84. The van der Waals surface area contributed by atoms with Gasteiger partial charge >= 0.3 is 0 Å². The molecule has 14 heavy (non-hydrogen) atoms. The fourth-order valence-electron chi connectivity index (χ4n) is 1.37. The van der Waals surface area contributed by atoms with Crippen LogP contribution in [0.1, 0.15) is 24.6 Å². The first-order valence-corrected chi connectivity index (χ1v) is 4.63. The number of nitrogens with zero attached hydrogens (tertiary/aromatic N) is 1. The normalized spacial score (nSPS) is 12.4. The number of hydrogen-bond donors (Lipinski definition) is 1. The van der Waals surface area contributed by atoms with Crippen molar-refractivity contribution in [2.75, 3.05) is 11.9 Å². The quantitative estimate of drug-likeness (QED) is 0.729. The molecule has 0 amide bonds. The van der Waals surface area contributed by atoms with Crippen LogP contribution in [0.3, 0.4) is 0 Å². The van der Waals surface area contributed by atoms with Crippen LogP contribution in [0.5, 0.6) is 0 Å². The summed E-state index contributed by atoms with van der Waals surface area (Å²) in [5.74, 6) is 1.03. The zero-order valence-electron chi connectivity index (χ0n) is 8.71. The smallest absolute Gasteiger partial charge is 0.124 e. The third-order valence-corrected chi connectivity index (χ3v) is 1.95. The van der Waals surface area contributed by atoms with Gasteiger partial charge in [0.15, 0.2) is 0 Å². The summed E-state index contributed by atoms with van der Waals surface area (Å²) >= 11 is 0. The van der Waals surface area contributed by atoms with E-state index < -0.39 is 0 Å². The molecule has 2 rings (SSSR count). The van der Waals surface area contributed by atoms with Crippen LogP contribution in [0.2, 0.25) is 0 Å². The fraction of sp³-hybridized carbons (Fsp3) is 0.364. The number of nitrogens with one attached hydrogen (secondary N) is 1. The molecule has 1 aliphatic rings. The number of aryl methyl sites for hydroxylation is 1. The maximum atomic E-state index is 4.29. The van der Waals surface area contributed by atoms with Gasteiger partial charge in [0.2, 0.25) is 0 Å². The summed E-state index contributed by atoms with van der Waals surface area (Å²) in [6, 6.07) is 4.07. The molecular weight excluding hydrogens is 249 g/mol. The largest absolute Gasteiger partial charge is 0.370 e. The third kappa shape index (κ3) is 3.58. The number of hydrogen-bond acceptors (Lipinski definition) is 2. The third-order valence-electron chi connectivity index (χ3n) is 1.95. The number of fused-ring (bicyclic) bond motifs is 1. The van der Waals surface area contributed by atoms with E-state index in [4.69, 9.17) is 0 Å². The van der Waals surface area contributed by atoms with Crippen molar-refractivity contribution in [2.45, 2.75) is 19.8 Å². The Morgan fingerprint density at radius 1 is 1.36 bits per heavy atom. The van der Waals surface area contributed by atoms with E-state index in [0.29, 0.717) is 0 Å². The zero-order valence-corrected chi connectivity index (χ0v) is 11.6. The number of anilines is 1. The van der Waals surface area contributed by atoms with Crippen molar-refractivity contribution in [2.24, 2.45) is 0 Å². The molecule has 3 heteroatoms. The predicted molar refractivity (Wildman–Crippen MR) is 56.5 cm³/mol. The fourth-order valence-corrected chi connectivity index (χ4v) is 1.37. The van der Waals surface area contributed by atoms with E-state index in [0.717, 1.165) is 24.5 Å². The molecule has 0 saturated carbocycles. The minimum Gasteiger partial charge on any atom is -0.370 e. The minimum atomic E-state index is 0. The van der Waals surface area contributed by atoms with Gasteiger partial charge in [-0.25, -0.2) is 6.92 Å².